The largest absolute Gasteiger partial charge is 0.398 e. The minimum atomic E-state index is 0.518. The van der Waals surface area contributed by atoms with Gasteiger partial charge in [-0.15, -0.1) is 0 Å². The molecule has 3 N–H and O–H groups in total. The summed E-state index contributed by atoms with van der Waals surface area (Å²) in [5.74, 6) is 0. The molecule has 0 unspecified atom stereocenters. The fourth-order valence-electron chi connectivity index (χ4n) is 2.14. The van der Waals surface area contributed by atoms with Gasteiger partial charge in [-0.2, -0.15) is 5.26 Å². The van der Waals surface area contributed by atoms with Gasteiger partial charge in [0, 0.05) is 31.5 Å². The van der Waals surface area contributed by atoms with Crippen molar-refractivity contribution >= 4 is 17.1 Å². The van der Waals surface area contributed by atoms with Crippen LogP contribution in [0.1, 0.15) is 12.0 Å². The molecule has 0 aliphatic rings. The molecule has 0 atom stereocenters. The van der Waals surface area contributed by atoms with Gasteiger partial charge in [-0.1, -0.05) is 18.2 Å². The second-order valence-electron chi connectivity index (χ2n) is 4.95. The van der Waals surface area contributed by atoms with Crippen LogP contribution >= 0.6 is 0 Å². The first-order valence-corrected chi connectivity index (χ1v) is 7.00. The zero-order valence-electron chi connectivity index (χ0n) is 12.2. The molecule has 2 aromatic rings. The first kappa shape index (κ1) is 14.7. The number of nitrogens with two attached hydrogens (primary N) is 1. The summed E-state index contributed by atoms with van der Waals surface area (Å²) in [4.78, 5) is 2.23. The molecular weight excluding hydrogens is 260 g/mol. The van der Waals surface area contributed by atoms with Gasteiger partial charge in [0.25, 0.3) is 0 Å². The number of anilines is 3. The summed E-state index contributed by atoms with van der Waals surface area (Å²) >= 11 is 0. The third-order valence-corrected chi connectivity index (χ3v) is 3.37. The minimum Gasteiger partial charge on any atom is -0.398 e. The first-order valence-electron chi connectivity index (χ1n) is 7.00. The zero-order chi connectivity index (χ0) is 15.1. The van der Waals surface area contributed by atoms with E-state index in [9.17, 15) is 0 Å². The highest BCUT2D eigenvalue weighted by Crippen LogP contribution is 2.17. The van der Waals surface area contributed by atoms with Crippen molar-refractivity contribution in [1.29, 1.82) is 5.26 Å². The average Bonchev–Trinajstić information content (AvgIpc) is 2.52. The Morgan fingerprint density at radius 1 is 1.19 bits per heavy atom. The summed E-state index contributed by atoms with van der Waals surface area (Å²) in [5, 5.41) is 12.2. The Morgan fingerprint density at radius 2 is 1.95 bits per heavy atom. The van der Waals surface area contributed by atoms with Crippen LogP contribution in [0.2, 0.25) is 0 Å². The van der Waals surface area contributed by atoms with Crippen molar-refractivity contribution in [3.63, 3.8) is 0 Å². The van der Waals surface area contributed by atoms with Crippen LogP contribution in [0, 0.1) is 11.3 Å². The van der Waals surface area contributed by atoms with Crippen molar-refractivity contribution in [2.45, 2.75) is 6.42 Å². The molecule has 0 aromatic heterocycles. The van der Waals surface area contributed by atoms with Crippen molar-refractivity contribution in [1.82, 2.24) is 0 Å². The van der Waals surface area contributed by atoms with Gasteiger partial charge in [-0.05, 0) is 36.8 Å². The number of nitrogens with zero attached hydrogens (tertiary/aromatic N) is 2. The van der Waals surface area contributed by atoms with Crippen molar-refractivity contribution < 1.29 is 0 Å². The minimum absolute atomic E-state index is 0.518. The lowest BCUT2D eigenvalue weighted by molar-refractivity contribution is 0.816. The highest BCUT2D eigenvalue weighted by Gasteiger charge is 2.01. The third-order valence-electron chi connectivity index (χ3n) is 3.37. The number of nitrogen functional groups attached to an aromatic ring is 1. The number of nitrogens with one attached hydrogen (secondary N) is 1. The Labute approximate surface area is 125 Å². The predicted molar refractivity (Wildman–Crippen MR) is 88.4 cm³/mol. The SMILES string of the molecule is CN(CCCNc1ccc(C#N)c(N)c1)c1ccccc1. The molecule has 0 saturated carbocycles. The average molecular weight is 280 g/mol. The molecule has 0 aliphatic carbocycles. The summed E-state index contributed by atoms with van der Waals surface area (Å²) in [7, 11) is 2.09. The standard InChI is InChI=1S/C17H20N4/c1-21(16-6-3-2-4-7-16)11-5-10-20-15-9-8-14(13-18)17(19)12-15/h2-4,6-9,12,20H,5,10-11,19H2,1H3. The van der Waals surface area contributed by atoms with Gasteiger partial charge in [0.05, 0.1) is 11.3 Å². The van der Waals surface area contributed by atoms with Crippen LogP contribution < -0.4 is 16.0 Å². The molecule has 4 heteroatoms. The van der Waals surface area contributed by atoms with E-state index >= 15 is 0 Å². The predicted octanol–water partition coefficient (Wildman–Crippen LogP) is 3.08. The molecule has 108 valence electrons. The Bertz CT molecular complexity index is 616. The molecule has 0 radical (unpaired) electrons. The fourth-order valence-corrected chi connectivity index (χ4v) is 2.14. The van der Waals surface area contributed by atoms with Crippen LogP contribution in [-0.4, -0.2) is 20.1 Å². The van der Waals surface area contributed by atoms with Gasteiger partial charge in [0.15, 0.2) is 0 Å². The van der Waals surface area contributed by atoms with E-state index in [1.807, 2.05) is 24.3 Å². The second kappa shape index (κ2) is 7.20. The maximum absolute atomic E-state index is 8.84. The molecule has 0 aliphatic heterocycles. The molecule has 0 spiro atoms. The van der Waals surface area contributed by atoms with E-state index in [0.29, 0.717) is 11.3 Å². The number of benzene rings is 2. The van der Waals surface area contributed by atoms with Crippen molar-refractivity contribution in [2.24, 2.45) is 0 Å². The molecule has 2 aromatic carbocycles. The number of nitriles is 1. The van der Waals surface area contributed by atoms with Gasteiger partial charge in [-0.25, -0.2) is 0 Å². The lowest BCUT2D eigenvalue weighted by Gasteiger charge is -2.19. The zero-order valence-corrected chi connectivity index (χ0v) is 12.2. The van der Waals surface area contributed by atoms with E-state index < -0.39 is 0 Å². The molecule has 2 rings (SSSR count). The Morgan fingerprint density at radius 3 is 2.62 bits per heavy atom. The van der Waals surface area contributed by atoms with E-state index in [1.54, 1.807) is 12.1 Å². The van der Waals surface area contributed by atoms with E-state index in [4.69, 9.17) is 11.0 Å². The van der Waals surface area contributed by atoms with Gasteiger partial charge in [0.1, 0.15) is 6.07 Å². The molecule has 4 nitrogen and oxygen atoms in total. The van der Waals surface area contributed by atoms with Crippen LogP contribution in [0.15, 0.2) is 48.5 Å². The summed E-state index contributed by atoms with van der Waals surface area (Å²) in [6.45, 7) is 1.84. The lowest BCUT2D eigenvalue weighted by Crippen LogP contribution is -2.20. The number of hydrogen-bond acceptors (Lipinski definition) is 4. The normalized spacial score (nSPS) is 9.90. The number of hydrogen-bond donors (Lipinski definition) is 2. The van der Waals surface area contributed by atoms with Gasteiger partial charge in [0.2, 0.25) is 0 Å². The summed E-state index contributed by atoms with van der Waals surface area (Å²) < 4.78 is 0. The van der Waals surface area contributed by atoms with E-state index in [1.165, 1.54) is 5.69 Å². The Balaban J connectivity index is 1.77. The summed E-state index contributed by atoms with van der Waals surface area (Å²) in [6.07, 6.45) is 1.02. The van der Waals surface area contributed by atoms with Crippen LogP contribution in [0.5, 0.6) is 0 Å². The topological polar surface area (TPSA) is 65.1 Å². The number of para-hydroxylation sites is 1. The monoisotopic (exact) mass is 280 g/mol. The van der Waals surface area contributed by atoms with Crippen molar-refractivity contribution in [3.8, 4) is 6.07 Å². The van der Waals surface area contributed by atoms with Gasteiger partial charge in [-0.3, -0.25) is 0 Å². The van der Waals surface area contributed by atoms with Crippen molar-refractivity contribution in [2.75, 3.05) is 36.1 Å². The molecule has 0 saturated heterocycles. The van der Waals surface area contributed by atoms with Gasteiger partial charge < -0.3 is 16.0 Å². The van der Waals surface area contributed by atoms with Crippen LogP contribution in [0.25, 0.3) is 0 Å². The molecule has 0 fully saturated rings. The quantitative estimate of drug-likeness (QED) is 0.630. The fraction of sp³-hybridized carbons (Fsp3) is 0.235. The maximum Gasteiger partial charge on any atom is 0.101 e. The first-order chi connectivity index (χ1) is 10.2. The summed E-state index contributed by atoms with van der Waals surface area (Å²) in [5.41, 5.74) is 9.00. The van der Waals surface area contributed by atoms with E-state index in [0.717, 1.165) is 25.2 Å². The maximum atomic E-state index is 8.84. The molecular formula is C17H20N4. The molecule has 21 heavy (non-hydrogen) atoms. The molecule has 0 bridgehead atoms. The van der Waals surface area contributed by atoms with Gasteiger partial charge >= 0.3 is 0 Å². The van der Waals surface area contributed by atoms with Crippen LogP contribution in [-0.2, 0) is 0 Å². The van der Waals surface area contributed by atoms with Crippen molar-refractivity contribution in [3.05, 3.63) is 54.1 Å². The smallest absolute Gasteiger partial charge is 0.101 e. The highest BCUT2D eigenvalue weighted by molar-refractivity contribution is 5.62. The highest BCUT2D eigenvalue weighted by atomic mass is 15.1. The molecule has 0 heterocycles. The summed E-state index contributed by atoms with van der Waals surface area (Å²) in [6, 6.07) is 17.8. The Hall–Kier alpha value is -2.67. The number of rotatable bonds is 6. The molecule has 0 amide bonds. The Kier molecular flexibility index (Phi) is 5.05. The van der Waals surface area contributed by atoms with E-state index in [2.05, 4.69) is 35.5 Å². The van der Waals surface area contributed by atoms with Crippen LogP contribution in [0.4, 0.5) is 17.1 Å². The third kappa shape index (κ3) is 4.15. The van der Waals surface area contributed by atoms with Crippen LogP contribution in [0.3, 0.4) is 0 Å². The lowest BCUT2D eigenvalue weighted by atomic mass is 10.2. The van der Waals surface area contributed by atoms with E-state index in [-0.39, 0.29) is 0 Å². The second-order valence-corrected chi connectivity index (χ2v) is 4.95.